The maximum Gasteiger partial charge on any atom is 0.170 e. The number of benzene rings is 2. The van der Waals surface area contributed by atoms with Gasteiger partial charge in [0.25, 0.3) is 0 Å². The molecule has 0 aliphatic carbocycles. The van der Waals surface area contributed by atoms with Crippen LogP contribution in [0.25, 0.3) is 17.0 Å². The van der Waals surface area contributed by atoms with Crippen molar-refractivity contribution in [2.75, 3.05) is 33.4 Å². The van der Waals surface area contributed by atoms with Gasteiger partial charge in [0.1, 0.15) is 5.75 Å². The molecular weight excluding hydrogens is 388 g/mol. The van der Waals surface area contributed by atoms with Gasteiger partial charge in [-0.05, 0) is 23.3 Å². The summed E-state index contributed by atoms with van der Waals surface area (Å²) in [6.45, 7) is 5.21. The summed E-state index contributed by atoms with van der Waals surface area (Å²) in [6, 6.07) is 16.8. The predicted molar refractivity (Wildman–Crippen MR) is 123 cm³/mol. The van der Waals surface area contributed by atoms with Crippen molar-refractivity contribution in [1.29, 1.82) is 0 Å². The minimum Gasteiger partial charge on any atom is -0.497 e. The molecule has 0 radical (unpaired) electrons. The Morgan fingerprint density at radius 3 is 2.55 bits per heavy atom. The van der Waals surface area contributed by atoms with E-state index in [0.717, 1.165) is 58.0 Å². The van der Waals surface area contributed by atoms with Gasteiger partial charge in [0.2, 0.25) is 0 Å². The fourth-order valence-electron chi connectivity index (χ4n) is 4.70. The van der Waals surface area contributed by atoms with Crippen LogP contribution in [0.3, 0.4) is 0 Å². The molecule has 2 aliphatic rings. The molecular formula is C26H30N2O3. The number of fused-ring (bicyclic) bond motifs is 1. The van der Waals surface area contributed by atoms with Crippen LogP contribution in [0.4, 0.5) is 0 Å². The molecule has 3 aromatic rings. The summed E-state index contributed by atoms with van der Waals surface area (Å²) in [4.78, 5) is 2.51. The van der Waals surface area contributed by atoms with Crippen molar-refractivity contribution in [2.24, 2.45) is 0 Å². The number of piperidine rings is 1. The Morgan fingerprint density at radius 1 is 1.03 bits per heavy atom. The lowest BCUT2D eigenvalue weighted by Gasteiger charge is -2.37. The van der Waals surface area contributed by atoms with E-state index in [4.69, 9.17) is 14.2 Å². The van der Waals surface area contributed by atoms with Crippen LogP contribution in [0.1, 0.15) is 24.0 Å². The second-order valence-electron chi connectivity index (χ2n) is 8.39. The van der Waals surface area contributed by atoms with Crippen LogP contribution in [0.5, 0.6) is 5.75 Å². The molecule has 5 heteroatoms. The van der Waals surface area contributed by atoms with E-state index in [1.807, 2.05) is 6.07 Å². The zero-order chi connectivity index (χ0) is 21.1. The fraction of sp³-hybridized carbons (Fsp3) is 0.385. The van der Waals surface area contributed by atoms with Crippen molar-refractivity contribution >= 4 is 17.0 Å². The van der Waals surface area contributed by atoms with Gasteiger partial charge in [0, 0.05) is 56.7 Å². The van der Waals surface area contributed by atoms with Crippen molar-refractivity contribution < 1.29 is 14.2 Å². The van der Waals surface area contributed by atoms with Crippen LogP contribution in [-0.2, 0) is 22.6 Å². The number of hydrogen-bond donors (Lipinski definition) is 0. The quantitative estimate of drug-likeness (QED) is 0.581. The third kappa shape index (κ3) is 4.40. The lowest BCUT2D eigenvalue weighted by Crippen LogP contribution is -2.44. The summed E-state index contributed by atoms with van der Waals surface area (Å²) >= 11 is 0. The Bertz CT molecular complexity index is 1040. The van der Waals surface area contributed by atoms with E-state index in [1.165, 1.54) is 22.0 Å². The SMILES string of the molecule is COc1ccc2c(CN3CCC4(CC3)OCCO4)cn(C/C=C/c3ccccc3)c2c1. The first-order valence-corrected chi connectivity index (χ1v) is 11.1. The lowest BCUT2D eigenvalue weighted by molar-refractivity contribution is -0.185. The van der Waals surface area contributed by atoms with Gasteiger partial charge in [-0.3, -0.25) is 4.90 Å². The Morgan fingerprint density at radius 2 is 1.81 bits per heavy atom. The van der Waals surface area contributed by atoms with Gasteiger partial charge in [0.15, 0.2) is 5.79 Å². The monoisotopic (exact) mass is 418 g/mol. The highest BCUT2D eigenvalue weighted by molar-refractivity contribution is 5.85. The van der Waals surface area contributed by atoms with Crippen LogP contribution in [0.2, 0.25) is 0 Å². The molecule has 31 heavy (non-hydrogen) atoms. The van der Waals surface area contributed by atoms with Crippen molar-refractivity contribution in [3.8, 4) is 5.75 Å². The van der Waals surface area contributed by atoms with Gasteiger partial charge in [-0.1, -0.05) is 42.5 Å². The van der Waals surface area contributed by atoms with Crippen LogP contribution >= 0.6 is 0 Å². The summed E-state index contributed by atoms with van der Waals surface area (Å²) in [5, 5.41) is 1.29. The van der Waals surface area contributed by atoms with Gasteiger partial charge < -0.3 is 18.8 Å². The molecule has 1 spiro atoms. The minimum atomic E-state index is -0.319. The minimum absolute atomic E-state index is 0.319. The average molecular weight is 419 g/mol. The predicted octanol–water partition coefficient (Wildman–Crippen LogP) is 4.70. The number of hydrogen-bond acceptors (Lipinski definition) is 4. The Hall–Kier alpha value is -2.60. The van der Waals surface area contributed by atoms with E-state index in [2.05, 4.69) is 70.3 Å². The molecule has 2 aromatic carbocycles. The highest BCUT2D eigenvalue weighted by Crippen LogP contribution is 2.33. The van der Waals surface area contributed by atoms with E-state index < -0.39 is 0 Å². The van der Waals surface area contributed by atoms with Crippen LogP contribution in [0, 0.1) is 0 Å². The molecule has 2 saturated heterocycles. The first-order chi connectivity index (χ1) is 15.2. The summed E-state index contributed by atoms with van der Waals surface area (Å²) < 4.78 is 19.6. The van der Waals surface area contributed by atoms with Crippen molar-refractivity contribution in [2.45, 2.75) is 31.7 Å². The molecule has 2 fully saturated rings. The summed E-state index contributed by atoms with van der Waals surface area (Å²) in [5.74, 6) is 0.570. The molecule has 0 bridgehead atoms. The number of nitrogens with zero attached hydrogens (tertiary/aromatic N) is 2. The topological polar surface area (TPSA) is 35.9 Å². The second kappa shape index (κ2) is 8.87. The number of allylic oxidation sites excluding steroid dienone is 1. The maximum atomic E-state index is 5.89. The third-order valence-corrected chi connectivity index (χ3v) is 6.41. The normalized spacial score (nSPS) is 19.0. The van der Waals surface area contributed by atoms with Crippen molar-refractivity contribution in [3.63, 3.8) is 0 Å². The van der Waals surface area contributed by atoms with Crippen molar-refractivity contribution in [1.82, 2.24) is 9.47 Å². The van der Waals surface area contributed by atoms with Crippen LogP contribution < -0.4 is 4.74 Å². The van der Waals surface area contributed by atoms with Crippen LogP contribution in [-0.4, -0.2) is 48.7 Å². The number of aromatic nitrogens is 1. The van der Waals surface area contributed by atoms with Gasteiger partial charge in [-0.25, -0.2) is 0 Å². The zero-order valence-electron chi connectivity index (χ0n) is 18.1. The van der Waals surface area contributed by atoms with E-state index in [1.54, 1.807) is 7.11 Å². The first kappa shape index (κ1) is 20.3. The average Bonchev–Trinajstić information content (AvgIpc) is 3.41. The standard InChI is InChI=1S/C26H30N2O3/c1-29-23-9-10-24-22(19-27-14-11-26(12-15-27)30-16-17-31-26)20-28(25(24)18-23)13-5-8-21-6-3-2-4-7-21/h2-10,18,20H,11-17,19H2,1H3/b8-5+. The highest BCUT2D eigenvalue weighted by atomic mass is 16.7. The molecule has 0 atom stereocenters. The smallest absolute Gasteiger partial charge is 0.170 e. The van der Waals surface area contributed by atoms with E-state index >= 15 is 0 Å². The van der Waals surface area contributed by atoms with E-state index in [-0.39, 0.29) is 5.79 Å². The summed E-state index contributed by atoms with van der Waals surface area (Å²) in [7, 11) is 1.72. The summed E-state index contributed by atoms with van der Waals surface area (Å²) in [5.41, 5.74) is 3.79. The molecule has 5 nitrogen and oxygen atoms in total. The molecule has 162 valence electrons. The Kier molecular flexibility index (Phi) is 5.81. The Labute approximate surface area is 183 Å². The number of likely N-dealkylation sites (tertiary alicyclic amines) is 1. The fourth-order valence-corrected chi connectivity index (χ4v) is 4.70. The van der Waals surface area contributed by atoms with Crippen molar-refractivity contribution in [3.05, 3.63) is 71.9 Å². The molecule has 0 unspecified atom stereocenters. The number of ether oxygens (including phenoxy) is 3. The molecule has 1 aromatic heterocycles. The Balaban J connectivity index is 1.35. The molecule has 0 saturated carbocycles. The van der Waals surface area contributed by atoms with Gasteiger partial charge >= 0.3 is 0 Å². The summed E-state index contributed by atoms with van der Waals surface area (Å²) in [6.07, 6.45) is 8.58. The number of rotatable bonds is 6. The largest absolute Gasteiger partial charge is 0.497 e. The van der Waals surface area contributed by atoms with Gasteiger partial charge in [-0.15, -0.1) is 0 Å². The first-order valence-electron chi connectivity index (χ1n) is 11.1. The zero-order valence-corrected chi connectivity index (χ0v) is 18.1. The van der Waals surface area contributed by atoms with Gasteiger partial charge in [0.05, 0.1) is 25.8 Å². The second-order valence-corrected chi connectivity index (χ2v) is 8.39. The third-order valence-electron chi connectivity index (χ3n) is 6.41. The van der Waals surface area contributed by atoms with E-state index in [9.17, 15) is 0 Å². The lowest BCUT2D eigenvalue weighted by atomic mass is 10.0. The van der Waals surface area contributed by atoms with Crippen LogP contribution in [0.15, 0.2) is 60.8 Å². The molecule has 3 heterocycles. The van der Waals surface area contributed by atoms with E-state index in [0.29, 0.717) is 0 Å². The molecule has 0 amide bonds. The molecule has 2 aliphatic heterocycles. The number of methoxy groups -OCH3 is 1. The maximum absolute atomic E-state index is 5.89. The van der Waals surface area contributed by atoms with Gasteiger partial charge in [-0.2, -0.15) is 0 Å². The highest BCUT2D eigenvalue weighted by Gasteiger charge is 2.39. The molecule has 0 N–H and O–H groups in total. The molecule has 5 rings (SSSR count).